The Morgan fingerprint density at radius 1 is 1.22 bits per heavy atom. The Morgan fingerprint density at radius 3 is 2.52 bits per heavy atom. The lowest BCUT2D eigenvalue weighted by atomic mass is 10.1. The molecule has 23 heavy (non-hydrogen) atoms. The van der Waals surface area contributed by atoms with Crippen LogP contribution in [0.2, 0.25) is 0 Å². The molecule has 0 saturated carbocycles. The van der Waals surface area contributed by atoms with Gasteiger partial charge in [-0.15, -0.1) is 10.0 Å². The Kier molecular flexibility index (Phi) is 8.30. The lowest BCUT2D eigenvalue weighted by Gasteiger charge is -2.11. The summed E-state index contributed by atoms with van der Waals surface area (Å²) in [5, 5.41) is 0. The van der Waals surface area contributed by atoms with Crippen molar-refractivity contribution >= 4 is 17.7 Å². The number of benzene rings is 1. The third-order valence-electron chi connectivity index (χ3n) is 3.06. The summed E-state index contributed by atoms with van der Waals surface area (Å²) in [4.78, 5) is 27.3. The summed E-state index contributed by atoms with van der Waals surface area (Å²) in [6.45, 7) is 0.350. The van der Waals surface area contributed by atoms with E-state index in [-0.39, 0.29) is 19.0 Å². The molecule has 0 heterocycles. The van der Waals surface area contributed by atoms with Crippen molar-refractivity contribution in [3.05, 3.63) is 35.9 Å². The molecule has 0 aliphatic heterocycles. The van der Waals surface area contributed by atoms with Crippen LogP contribution in [0.25, 0.3) is 0 Å². The first-order chi connectivity index (χ1) is 11.0. The van der Waals surface area contributed by atoms with E-state index in [1.807, 2.05) is 6.07 Å². The minimum absolute atomic E-state index is 0.0225. The van der Waals surface area contributed by atoms with Gasteiger partial charge in [0.2, 0.25) is 0 Å². The van der Waals surface area contributed by atoms with Crippen molar-refractivity contribution in [2.45, 2.75) is 31.9 Å². The molecule has 0 fully saturated rings. The van der Waals surface area contributed by atoms with Crippen LogP contribution < -0.4 is 17.0 Å². The van der Waals surface area contributed by atoms with Gasteiger partial charge in [-0.25, -0.2) is 4.79 Å². The molecule has 0 aliphatic rings. The number of nitrogens with two attached hydrogens (primary N) is 2. The molecule has 0 bridgehead atoms. The second kappa shape index (κ2) is 10.3. The molecule has 7 nitrogen and oxygen atoms in total. The number of unbranched alkanes of at least 4 members (excludes halogenated alkanes) is 1. The molecule has 1 aromatic carbocycles. The van der Waals surface area contributed by atoms with Gasteiger partial charge in [0.1, 0.15) is 12.6 Å². The van der Waals surface area contributed by atoms with Crippen LogP contribution in [0.5, 0.6) is 0 Å². The number of Topliss-reactive ketones (excluding diaryl/α,β-unsaturated/α-hetero) is 1. The van der Waals surface area contributed by atoms with Crippen molar-refractivity contribution in [1.29, 1.82) is 0 Å². The van der Waals surface area contributed by atoms with Crippen LogP contribution in [0, 0.1) is 0 Å². The van der Waals surface area contributed by atoms with E-state index in [1.165, 1.54) is 5.54 Å². The van der Waals surface area contributed by atoms with Crippen LogP contribution in [0.1, 0.15) is 24.8 Å². The minimum Gasteiger partial charge on any atom is -0.455 e. The number of guanidine groups is 1. The molecule has 0 radical (unpaired) electrons. The third-order valence-corrected chi connectivity index (χ3v) is 3.06. The first kappa shape index (κ1) is 18.6. The summed E-state index contributed by atoms with van der Waals surface area (Å²) >= 11 is 0. The Hall–Kier alpha value is -2.48. The quantitative estimate of drug-likeness (QED) is 0.145. The van der Waals surface area contributed by atoms with E-state index in [0.29, 0.717) is 19.4 Å². The van der Waals surface area contributed by atoms with Gasteiger partial charge in [0.05, 0.1) is 0 Å². The standard InChI is InChI=1S/C15H21FN4O3/c16-20-12(8-4-5-9-19-15(17)18)13(21)14(22)23-10-11-6-2-1-3-7-11/h1-3,6-7,12,20H,4-5,8-10H2,(H4,17,18,19)/t12-/m0/s1. The molecule has 0 aliphatic carbocycles. The van der Waals surface area contributed by atoms with Crippen LogP contribution >= 0.6 is 0 Å². The molecule has 1 rings (SSSR count). The molecule has 0 amide bonds. The number of ketones is 1. The molecule has 0 spiro atoms. The first-order valence-electron chi connectivity index (χ1n) is 7.21. The predicted octanol–water partition coefficient (Wildman–Crippen LogP) is 0.585. The molecule has 5 N–H and O–H groups in total. The molecule has 1 atom stereocenters. The Labute approximate surface area is 133 Å². The topological polar surface area (TPSA) is 120 Å². The zero-order valence-electron chi connectivity index (χ0n) is 12.7. The average Bonchev–Trinajstić information content (AvgIpc) is 2.56. The number of carbonyl (C=O) groups excluding carboxylic acids is 2. The highest BCUT2D eigenvalue weighted by molar-refractivity contribution is 6.35. The summed E-state index contributed by atoms with van der Waals surface area (Å²) in [7, 11) is 0. The number of esters is 1. The second-order valence-corrected chi connectivity index (χ2v) is 4.89. The number of aliphatic imine (C=N–C) groups is 1. The number of halogens is 1. The number of rotatable bonds is 10. The van der Waals surface area contributed by atoms with Crippen molar-refractivity contribution in [3.63, 3.8) is 0 Å². The van der Waals surface area contributed by atoms with Gasteiger partial charge >= 0.3 is 5.97 Å². The highest BCUT2D eigenvalue weighted by Crippen LogP contribution is 2.06. The van der Waals surface area contributed by atoms with Gasteiger partial charge in [-0.05, 0) is 24.8 Å². The fourth-order valence-corrected chi connectivity index (χ4v) is 1.84. The second-order valence-electron chi connectivity index (χ2n) is 4.89. The normalized spacial score (nSPS) is 11.5. The molecule has 126 valence electrons. The van der Waals surface area contributed by atoms with E-state index in [2.05, 4.69) is 4.99 Å². The van der Waals surface area contributed by atoms with E-state index < -0.39 is 17.8 Å². The Morgan fingerprint density at radius 2 is 1.91 bits per heavy atom. The fraction of sp³-hybridized carbons (Fsp3) is 0.400. The third kappa shape index (κ3) is 7.37. The summed E-state index contributed by atoms with van der Waals surface area (Å²) in [6.07, 6.45) is 1.20. The number of carbonyl (C=O) groups is 2. The highest BCUT2D eigenvalue weighted by atomic mass is 19.2. The van der Waals surface area contributed by atoms with Crippen LogP contribution in [-0.4, -0.2) is 30.3 Å². The zero-order chi connectivity index (χ0) is 17.1. The number of ether oxygens (including phenoxy) is 1. The number of nitrogens with zero attached hydrogens (tertiary/aromatic N) is 1. The molecular formula is C15H21FN4O3. The predicted molar refractivity (Wildman–Crippen MR) is 83.8 cm³/mol. The summed E-state index contributed by atoms with van der Waals surface area (Å²) in [5.41, 5.74) is 12.4. The summed E-state index contributed by atoms with van der Waals surface area (Å²) < 4.78 is 17.6. The SMILES string of the molecule is NC(N)=NCCCC[C@H](NF)C(=O)C(=O)OCc1ccccc1. The van der Waals surface area contributed by atoms with Gasteiger partial charge in [-0.3, -0.25) is 9.79 Å². The average molecular weight is 324 g/mol. The Balaban J connectivity index is 2.36. The van der Waals surface area contributed by atoms with Crippen molar-refractivity contribution in [3.8, 4) is 0 Å². The van der Waals surface area contributed by atoms with Crippen LogP contribution in [0.15, 0.2) is 35.3 Å². The van der Waals surface area contributed by atoms with Crippen molar-refractivity contribution in [2.75, 3.05) is 6.54 Å². The van der Waals surface area contributed by atoms with Crippen molar-refractivity contribution in [2.24, 2.45) is 16.5 Å². The van der Waals surface area contributed by atoms with Gasteiger partial charge in [0.15, 0.2) is 5.96 Å². The van der Waals surface area contributed by atoms with E-state index in [0.717, 1.165) is 5.56 Å². The van der Waals surface area contributed by atoms with Gasteiger partial charge in [-0.1, -0.05) is 30.3 Å². The smallest absolute Gasteiger partial charge is 0.376 e. The number of nitrogens with one attached hydrogen (secondary N) is 1. The number of hydrogen-bond donors (Lipinski definition) is 3. The van der Waals surface area contributed by atoms with Crippen LogP contribution in [-0.2, 0) is 20.9 Å². The maximum Gasteiger partial charge on any atom is 0.376 e. The lowest BCUT2D eigenvalue weighted by Crippen LogP contribution is -2.37. The fourth-order valence-electron chi connectivity index (χ4n) is 1.84. The number of hydrogen-bond acceptors (Lipinski definition) is 5. The van der Waals surface area contributed by atoms with Gasteiger partial charge in [0, 0.05) is 6.54 Å². The monoisotopic (exact) mass is 324 g/mol. The van der Waals surface area contributed by atoms with Crippen molar-refractivity contribution in [1.82, 2.24) is 5.54 Å². The lowest BCUT2D eigenvalue weighted by molar-refractivity contribution is -0.156. The summed E-state index contributed by atoms with van der Waals surface area (Å²) in [6, 6.07) is 7.68. The molecule has 0 aromatic heterocycles. The van der Waals surface area contributed by atoms with Gasteiger partial charge < -0.3 is 16.2 Å². The summed E-state index contributed by atoms with van der Waals surface area (Å²) in [5.74, 6) is -2.02. The molecule has 0 unspecified atom stereocenters. The molecule has 8 heteroatoms. The van der Waals surface area contributed by atoms with E-state index in [4.69, 9.17) is 16.2 Å². The van der Waals surface area contributed by atoms with E-state index in [9.17, 15) is 14.1 Å². The van der Waals surface area contributed by atoms with Crippen molar-refractivity contribution < 1.29 is 18.8 Å². The minimum atomic E-state index is -1.22. The van der Waals surface area contributed by atoms with Crippen LogP contribution in [0.3, 0.4) is 0 Å². The Bertz CT molecular complexity index is 533. The molecular weight excluding hydrogens is 303 g/mol. The van der Waals surface area contributed by atoms with Crippen LogP contribution in [0.4, 0.5) is 4.48 Å². The maximum absolute atomic E-state index is 12.7. The maximum atomic E-state index is 12.7. The van der Waals surface area contributed by atoms with Gasteiger partial charge in [0.25, 0.3) is 5.78 Å². The molecule has 1 aromatic rings. The largest absolute Gasteiger partial charge is 0.455 e. The van der Waals surface area contributed by atoms with E-state index >= 15 is 0 Å². The zero-order valence-corrected chi connectivity index (χ0v) is 12.7. The highest BCUT2D eigenvalue weighted by Gasteiger charge is 2.26. The molecule has 0 saturated heterocycles. The first-order valence-corrected chi connectivity index (χ1v) is 7.21. The van der Waals surface area contributed by atoms with E-state index in [1.54, 1.807) is 24.3 Å². The van der Waals surface area contributed by atoms with Gasteiger partial charge in [-0.2, -0.15) is 0 Å².